The minimum absolute atomic E-state index is 0.0471. The lowest BCUT2D eigenvalue weighted by atomic mass is 10.1. The molecule has 0 saturated carbocycles. The fraction of sp³-hybridized carbons (Fsp3) is 0.357. The minimum Gasteiger partial charge on any atom is -0.480 e. The van der Waals surface area contributed by atoms with Gasteiger partial charge in [0.1, 0.15) is 6.04 Å². The standard InChI is InChI=1S/C14H19NO4S/c1-3-5-6-13(14(16)17)15-20(18,19)12-9-7-11(4-2)8-10-12/h4,7-10,13,15H,2-3,5-6H2,1H3,(H,16,17)/t13-/m0/s1. The van der Waals surface area contributed by atoms with Crippen LogP contribution < -0.4 is 4.72 Å². The van der Waals surface area contributed by atoms with Crippen molar-refractivity contribution in [3.05, 3.63) is 36.4 Å². The lowest BCUT2D eigenvalue weighted by Crippen LogP contribution is -2.40. The van der Waals surface area contributed by atoms with Crippen molar-refractivity contribution in [2.75, 3.05) is 0 Å². The fourth-order valence-corrected chi connectivity index (χ4v) is 2.90. The van der Waals surface area contributed by atoms with Crippen molar-refractivity contribution in [3.63, 3.8) is 0 Å². The van der Waals surface area contributed by atoms with Crippen LogP contribution in [0.3, 0.4) is 0 Å². The van der Waals surface area contributed by atoms with Gasteiger partial charge in [-0.05, 0) is 24.1 Å². The molecule has 0 bridgehead atoms. The van der Waals surface area contributed by atoms with Crippen LogP contribution in [0.1, 0.15) is 31.7 Å². The molecule has 0 amide bonds. The van der Waals surface area contributed by atoms with Crippen LogP contribution in [0, 0.1) is 0 Å². The molecular weight excluding hydrogens is 278 g/mol. The highest BCUT2D eigenvalue weighted by Gasteiger charge is 2.24. The van der Waals surface area contributed by atoms with Gasteiger partial charge in [-0.15, -0.1) is 0 Å². The van der Waals surface area contributed by atoms with E-state index in [1.54, 1.807) is 18.2 Å². The van der Waals surface area contributed by atoms with Gasteiger partial charge in [-0.2, -0.15) is 4.72 Å². The highest BCUT2D eigenvalue weighted by atomic mass is 32.2. The molecule has 1 atom stereocenters. The Balaban J connectivity index is 2.90. The van der Waals surface area contributed by atoms with E-state index in [4.69, 9.17) is 5.11 Å². The highest BCUT2D eigenvalue weighted by Crippen LogP contribution is 2.13. The number of hydrogen-bond acceptors (Lipinski definition) is 3. The minimum atomic E-state index is -3.83. The van der Waals surface area contributed by atoms with Crippen LogP contribution >= 0.6 is 0 Å². The summed E-state index contributed by atoms with van der Waals surface area (Å²) in [5.74, 6) is -1.16. The number of nitrogens with one attached hydrogen (secondary N) is 1. The molecule has 0 aromatic heterocycles. The monoisotopic (exact) mass is 297 g/mol. The molecule has 5 nitrogen and oxygen atoms in total. The molecule has 0 unspecified atom stereocenters. The van der Waals surface area contributed by atoms with E-state index in [1.165, 1.54) is 12.1 Å². The largest absolute Gasteiger partial charge is 0.480 e. The van der Waals surface area contributed by atoms with Gasteiger partial charge >= 0.3 is 5.97 Å². The number of hydrogen-bond donors (Lipinski definition) is 2. The number of rotatable bonds is 8. The molecule has 1 aromatic rings. The zero-order valence-electron chi connectivity index (χ0n) is 11.4. The molecule has 0 saturated heterocycles. The summed E-state index contributed by atoms with van der Waals surface area (Å²) in [7, 11) is -3.83. The Labute approximate surface area is 119 Å². The molecule has 0 heterocycles. The number of aliphatic carboxylic acids is 1. The van der Waals surface area contributed by atoms with Crippen molar-refractivity contribution in [1.29, 1.82) is 0 Å². The number of benzene rings is 1. The first-order valence-electron chi connectivity index (χ1n) is 6.38. The van der Waals surface area contributed by atoms with Crippen molar-refractivity contribution in [3.8, 4) is 0 Å². The molecule has 0 fully saturated rings. The third-order valence-corrected chi connectivity index (χ3v) is 4.36. The van der Waals surface area contributed by atoms with Gasteiger partial charge in [-0.25, -0.2) is 8.42 Å². The van der Waals surface area contributed by atoms with E-state index < -0.39 is 22.0 Å². The molecule has 6 heteroatoms. The summed E-state index contributed by atoms with van der Waals surface area (Å²) >= 11 is 0. The van der Waals surface area contributed by atoms with Gasteiger partial charge < -0.3 is 5.11 Å². The van der Waals surface area contributed by atoms with Crippen molar-refractivity contribution in [2.45, 2.75) is 37.1 Å². The third kappa shape index (κ3) is 4.47. The second-order valence-corrected chi connectivity index (χ2v) is 6.14. The Morgan fingerprint density at radius 1 is 1.40 bits per heavy atom. The molecule has 0 aliphatic heterocycles. The zero-order valence-corrected chi connectivity index (χ0v) is 12.2. The predicted octanol–water partition coefficient (Wildman–Crippen LogP) is 2.25. The third-order valence-electron chi connectivity index (χ3n) is 2.87. The summed E-state index contributed by atoms with van der Waals surface area (Å²) in [4.78, 5) is 11.1. The van der Waals surface area contributed by atoms with E-state index in [2.05, 4.69) is 11.3 Å². The van der Waals surface area contributed by atoms with Gasteiger partial charge in [0.25, 0.3) is 0 Å². The van der Waals surface area contributed by atoms with Crippen LogP contribution in [0.2, 0.25) is 0 Å². The topological polar surface area (TPSA) is 83.5 Å². The summed E-state index contributed by atoms with van der Waals surface area (Å²) in [5, 5.41) is 9.05. The lowest BCUT2D eigenvalue weighted by molar-refractivity contribution is -0.139. The molecule has 1 aromatic carbocycles. The van der Waals surface area contributed by atoms with Gasteiger partial charge in [0.05, 0.1) is 4.90 Å². The Kier molecular flexibility index (Phi) is 5.91. The molecule has 0 spiro atoms. The van der Waals surface area contributed by atoms with Crippen molar-refractivity contribution in [2.24, 2.45) is 0 Å². The van der Waals surface area contributed by atoms with Crippen molar-refractivity contribution < 1.29 is 18.3 Å². The maximum absolute atomic E-state index is 12.1. The number of unbranched alkanes of at least 4 members (excludes halogenated alkanes) is 1. The van der Waals surface area contributed by atoms with Crippen LogP contribution in [0.25, 0.3) is 6.08 Å². The molecule has 0 aliphatic rings. The first-order valence-corrected chi connectivity index (χ1v) is 7.86. The van der Waals surface area contributed by atoms with E-state index in [9.17, 15) is 13.2 Å². The van der Waals surface area contributed by atoms with Gasteiger partial charge in [0.2, 0.25) is 10.0 Å². The number of sulfonamides is 1. The first kappa shape index (κ1) is 16.4. The Morgan fingerprint density at radius 3 is 2.45 bits per heavy atom. The summed E-state index contributed by atoms with van der Waals surface area (Å²) in [6, 6.07) is 4.99. The van der Waals surface area contributed by atoms with Crippen molar-refractivity contribution >= 4 is 22.1 Å². The van der Waals surface area contributed by atoms with Crippen LogP contribution in [-0.2, 0) is 14.8 Å². The SMILES string of the molecule is C=Cc1ccc(S(=O)(=O)N[C@@H](CCCC)C(=O)O)cc1. The Morgan fingerprint density at radius 2 is 2.00 bits per heavy atom. The Hall–Kier alpha value is -1.66. The highest BCUT2D eigenvalue weighted by molar-refractivity contribution is 7.89. The number of carbonyl (C=O) groups is 1. The van der Waals surface area contributed by atoms with Gasteiger partial charge in [-0.1, -0.05) is 44.6 Å². The van der Waals surface area contributed by atoms with E-state index in [0.717, 1.165) is 12.0 Å². The fourth-order valence-electron chi connectivity index (χ4n) is 1.68. The summed E-state index contributed by atoms with van der Waals surface area (Å²) in [5.41, 5.74) is 0.796. The van der Waals surface area contributed by atoms with Gasteiger partial charge in [0, 0.05) is 0 Å². The maximum Gasteiger partial charge on any atom is 0.321 e. The molecule has 0 radical (unpaired) electrons. The van der Waals surface area contributed by atoms with Crippen molar-refractivity contribution in [1.82, 2.24) is 4.72 Å². The Bertz CT molecular complexity index is 563. The van der Waals surface area contributed by atoms with Crippen LogP contribution in [0.5, 0.6) is 0 Å². The first-order chi connectivity index (χ1) is 9.40. The lowest BCUT2D eigenvalue weighted by Gasteiger charge is -2.14. The summed E-state index contributed by atoms with van der Waals surface area (Å²) < 4.78 is 26.4. The number of carboxylic acid groups (broad SMARTS) is 1. The van der Waals surface area contributed by atoms with E-state index in [0.29, 0.717) is 6.42 Å². The second-order valence-electron chi connectivity index (χ2n) is 4.43. The molecular formula is C14H19NO4S. The van der Waals surface area contributed by atoms with E-state index >= 15 is 0 Å². The zero-order chi connectivity index (χ0) is 15.2. The van der Waals surface area contributed by atoms with Crippen LogP contribution in [-0.4, -0.2) is 25.5 Å². The van der Waals surface area contributed by atoms with Gasteiger partial charge in [-0.3, -0.25) is 4.79 Å². The maximum atomic E-state index is 12.1. The molecule has 2 N–H and O–H groups in total. The van der Waals surface area contributed by atoms with Gasteiger partial charge in [0.15, 0.2) is 0 Å². The quantitative estimate of drug-likeness (QED) is 0.771. The summed E-state index contributed by atoms with van der Waals surface area (Å²) in [6.07, 6.45) is 3.33. The molecule has 1 rings (SSSR count). The molecule has 110 valence electrons. The van der Waals surface area contributed by atoms with Crippen LogP contribution in [0.4, 0.5) is 0 Å². The molecule has 20 heavy (non-hydrogen) atoms. The number of carboxylic acids is 1. The molecule has 0 aliphatic carbocycles. The van der Waals surface area contributed by atoms with E-state index in [1.807, 2.05) is 6.92 Å². The average molecular weight is 297 g/mol. The van der Waals surface area contributed by atoms with E-state index in [-0.39, 0.29) is 11.3 Å². The smallest absolute Gasteiger partial charge is 0.321 e. The second kappa shape index (κ2) is 7.21. The average Bonchev–Trinajstić information content (AvgIpc) is 2.43. The van der Waals surface area contributed by atoms with Crippen LogP contribution in [0.15, 0.2) is 35.7 Å². The predicted molar refractivity (Wildman–Crippen MR) is 77.8 cm³/mol. The summed E-state index contributed by atoms with van der Waals surface area (Å²) in [6.45, 7) is 5.50. The normalized spacial score (nSPS) is 12.8.